The van der Waals surface area contributed by atoms with E-state index in [2.05, 4.69) is 10.1 Å². The van der Waals surface area contributed by atoms with Gasteiger partial charge >= 0.3 is 0 Å². The lowest BCUT2D eigenvalue weighted by Crippen LogP contribution is -2.31. The summed E-state index contributed by atoms with van der Waals surface area (Å²) in [7, 11) is 0. The number of oxazole rings is 1. The zero-order valence-corrected chi connectivity index (χ0v) is 17.3. The number of benzene rings is 2. The molecule has 0 aliphatic heterocycles. The molecular weight excluding hydrogens is 397 g/mol. The van der Waals surface area contributed by atoms with E-state index in [9.17, 15) is 9.18 Å². The predicted molar refractivity (Wildman–Crippen MR) is 114 cm³/mol. The second-order valence-corrected chi connectivity index (χ2v) is 7.24. The summed E-state index contributed by atoms with van der Waals surface area (Å²) in [6, 6.07) is 15.5. The Hall–Kier alpha value is -3.74. The minimum atomic E-state index is -0.312. The van der Waals surface area contributed by atoms with Crippen molar-refractivity contribution in [2.75, 3.05) is 4.90 Å². The third-order valence-electron chi connectivity index (χ3n) is 5.10. The highest BCUT2D eigenvalue weighted by atomic mass is 19.1. The van der Waals surface area contributed by atoms with Gasteiger partial charge in [-0.2, -0.15) is 0 Å². The zero-order chi connectivity index (χ0) is 21.8. The number of amides is 1. The fourth-order valence-electron chi connectivity index (χ4n) is 3.34. The van der Waals surface area contributed by atoms with Crippen molar-refractivity contribution in [3.05, 3.63) is 89.5 Å². The summed E-state index contributed by atoms with van der Waals surface area (Å²) in [6.45, 7) is 4.08. The van der Waals surface area contributed by atoms with Gasteiger partial charge in [0.2, 0.25) is 5.91 Å². The van der Waals surface area contributed by atoms with E-state index in [1.54, 1.807) is 23.2 Å². The summed E-state index contributed by atoms with van der Waals surface area (Å²) in [5.74, 6) is 1.32. The van der Waals surface area contributed by atoms with Crippen LogP contribution in [-0.4, -0.2) is 16.0 Å². The van der Waals surface area contributed by atoms with Crippen LogP contribution in [0.2, 0.25) is 0 Å². The molecule has 0 unspecified atom stereocenters. The van der Waals surface area contributed by atoms with E-state index in [1.165, 1.54) is 12.1 Å². The summed E-state index contributed by atoms with van der Waals surface area (Å²) in [6.07, 6.45) is 2.17. The molecule has 4 aromatic rings. The maximum absolute atomic E-state index is 13.1. The lowest BCUT2D eigenvalue weighted by molar-refractivity contribution is -0.118. The lowest BCUT2D eigenvalue weighted by atomic mass is 10.1. The SMILES string of the molecule is Cc1noc(C)c1CN(C(=O)CCc1ncc(-c2ccc(F)cc2)o1)c1ccccc1. The second-order valence-electron chi connectivity index (χ2n) is 7.24. The van der Waals surface area contributed by atoms with Gasteiger partial charge in [-0.15, -0.1) is 0 Å². The van der Waals surface area contributed by atoms with E-state index in [0.29, 0.717) is 30.4 Å². The number of aryl methyl sites for hydroxylation is 3. The van der Waals surface area contributed by atoms with Crippen molar-refractivity contribution in [1.29, 1.82) is 0 Å². The Morgan fingerprint density at radius 1 is 1.06 bits per heavy atom. The van der Waals surface area contributed by atoms with Crippen LogP contribution in [0.3, 0.4) is 0 Å². The highest BCUT2D eigenvalue weighted by Crippen LogP contribution is 2.24. The average molecular weight is 419 g/mol. The van der Waals surface area contributed by atoms with Crippen LogP contribution in [0.15, 0.2) is 69.7 Å². The van der Waals surface area contributed by atoms with Gasteiger partial charge < -0.3 is 13.8 Å². The first-order valence-electron chi connectivity index (χ1n) is 9.99. The highest BCUT2D eigenvalue weighted by molar-refractivity contribution is 5.93. The van der Waals surface area contributed by atoms with E-state index in [0.717, 1.165) is 22.5 Å². The molecule has 0 N–H and O–H groups in total. The van der Waals surface area contributed by atoms with Gasteiger partial charge in [-0.3, -0.25) is 4.79 Å². The molecule has 0 aliphatic carbocycles. The van der Waals surface area contributed by atoms with Crippen molar-refractivity contribution < 1.29 is 18.1 Å². The van der Waals surface area contributed by atoms with Crippen LogP contribution in [0.5, 0.6) is 0 Å². The molecule has 0 fully saturated rings. The number of anilines is 1. The van der Waals surface area contributed by atoms with Gasteiger partial charge in [0.25, 0.3) is 0 Å². The van der Waals surface area contributed by atoms with E-state index >= 15 is 0 Å². The molecule has 0 saturated heterocycles. The number of hydrogen-bond acceptors (Lipinski definition) is 5. The Kier molecular flexibility index (Phi) is 5.93. The van der Waals surface area contributed by atoms with Crippen molar-refractivity contribution >= 4 is 11.6 Å². The van der Waals surface area contributed by atoms with Gasteiger partial charge in [0.1, 0.15) is 11.6 Å². The molecule has 158 valence electrons. The number of halogens is 1. The Morgan fingerprint density at radius 3 is 2.48 bits per heavy atom. The van der Waals surface area contributed by atoms with Gasteiger partial charge in [-0.1, -0.05) is 23.4 Å². The van der Waals surface area contributed by atoms with Crippen LogP contribution in [0, 0.1) is 19.7 Å². The van der Waals surface area contributed by atoms with E-state index in [4.69, 9.17) is 8.94 Å². The van der Waals surface area contributed by atoms with Crippen LogP contribution >= 0.6 is 0 Å². The van der Waals surface area contributed by atoms with Crippen molar-refractivity contribution in [3.8, 4) is 11.3 Å². The molecule has 6 nitrogen and oxygen atoms in total. The smallest absolute Gasteiger partial charge is 0.227 e. The Balaban J connectivity index is 1.48. The fraction of sp³-hybridized carbons (Fsp3) is 0.208. The fourth-order valence-corrected chi connectivity index (χ4v) is 3.34. The predicted octanol–water partition coefficient (Wildman–Crippen LogP) is 5.25. The molecule has 2 heterocycles. The molecule has 2 aromatic carbocycles. The number of nitrogens with zero attached hydrogens (tertiary/aromatic N) is 3. The maximum Gasteiger partial charge on any atom is 0.227 e. The first kappa shape index (κ1) is 20.5. The molecule has 4 rings (SSSR count). The molecule has 0 atom stereocenters. The molecule has 0 aliphatic rings. The molecule has 0 saturated carbocycles. The molecule has 1 amide bonds. The van der Waals surface area contributed by atoms with Crippen LogP contribution < -0.4 is 4.90 Å². The van der Waals surface area contributed by atoms with E-state index in [-0.39, 0.29) is 18.1 Å². The van der Waals surface area contributed by atoms with Gasteiger partial charge in [0.05, 0.1) is 18.4 Å². The summed E-state index contributed by atoms with van der Waals surface area (Å²) in [4.78, 5) is 19.1. The van der Waals surface area contributed by atoms with Gasteiger partial charge in [0.15, 0.2) is 11.7 Å². The van der Waals surface area contributed by atoms with Gasteiger partial charge in [-0.05, 0) is 50.2 Å². The second kappa shape index (κ2) is 8.95. The third-order valence-corrected chi connectivity index (χ3v) is 5.10. The summed E-state index contributed by atoms with van der Waals surface area (Å²) in [5, 5.41) is 3.99. The minimum Gasteiger partial charge on any atom is -0.441 e. The number of rotatable bonds is 7. The summed E-state index contributed by atoms with van der Waals surface area (Å²) in [5.41, 5.74) is 3.19. The van der Waals surface area contributed by atoms with Crippen LogP contribution in [-0.2, 0) is 17.8 Å². The molecule has 7 heteroatoms. The highest BCUT2D eigenvalue weighted by Gasteiger charge is 2.21. The molecule has 2 aromatic heterocycles. The largest absolute Gasteiger partial charge is 0.441 e. The molecule has 31 heavy (non-hydrogen) atoms. The van der Waals surface area contributed by atoms with Crippen molar-refractivity contribution in [1.82, 2.24) is 10.1 Å². The maximum atomic E-state index is 13.1. The van der Waals surface area contributed by atoms with E-state index < -0.39 is 0 Å². The van der Waals surface area contributed by atoms with Crippen molar-refractivity contribution in [2.45, 2.75) is 33.2 Å². The van der Waals surface area contributed by atoms with Crippen LogP contribution in [0.4, 0.5) is 10.1 Å². The average Bonchev–Trinajstić information content (AvgIpc) is 3.38. The van der Waals surface area contributed by atoms with Gasteiger partial charge in [0, 0.05) is 29.7 Å². The Labute approximate surface area is 179 Å². The summed E-state index contributed by atoms with van der Waals surface area (Å²) < 4.78 is 24.1. The number of hydrogen-bond donors (Lipinski definition) is 0. The lowest BCUT2D eigenvalue weighted by Gasteiger charge is -2.22. The molecule has 0 spiro atoms. The molecule has 0 bridgehead atoms. The third kappa shape index (κ3) is 4.71. The zero-order valence-electron chi connectivity index (χ0n) is 17.3. The first-order valence-corrected chi connectivity index (χ1v) is 9.99. The van der Waals surface area contributed by atoms with Gasteiger partial charge in [-0.25, -0.2) is 9.37 Å². The monoisotopic (exact) mass is 419 g/mol. The van der Waals surface area contributed by atoms with Crippen molar-refractivity contribution in [3.63, 3.8) is 0 Å². The number of carbonyl (C=O) groups excluding carboxylic acids is 1. The standard InChI is InChI=1S/C24H22FN3O3/c1-16-21(17(2)31-27-16)15-28(20-6-4-3-5-7-20)24(29)13-12-23-26-14-22(30-23)18-8-10-19(25)11-9-18/h3-11,14H,12-13,15H2,1-2H3. The number of carbonyl (C=O) groups is 1. The van der Waals surface area contributed by atoms with E-state index in [1.807, 2.05) is 44.2 Å². The Bertz CT molecular complexity index is 1150. The topological polar surface area (TPSA) is 72.4 Å². The number of para-hydroxylation sites is 1. The molecular formula is C24H22FN3O3. The Morgan fingerprint density at radius 2 is 1.81 bits per heavy atom. The van der Waals surface area contributed by atoms with Crippen LogP contribution in [0.1, 0.15) is 29.3 Å². The number of aromatic nitrogens is 2. The normalized spacial score (nSPS) is 10.9. The van der Waals surface area contributed by atoms with Crippen molar-refractivity contribution in [2.24, 2.45) is 0 Å². The first-order chi connectivity index (χ1) is 15.0. The summed E-state index contributed by atoms with van der Waals surface area (Å²) >= 11 is 0. The minimum absolute atomic E-state index is 0.0623. The molecule has 0 radical (unpaired) electrons. The van der Waals surface area contributed by atoms with Crippen LogP contribution in [0.25, 0.3) is 11.3 Å². The quantitative estimate of drug-likeness (QED) is 0.409.